The Morgan fingerprint density at radius 1 is 0.455 bits per heavy atom. The van der Waals surface area contributed by atoms with Crippen LogP contribution < -0.4 is 0 Å². The molecule has 2 aromatic rings. The van der Waals surface area contributed by atoms with E-state index in [4.69, 9.17) is 9.47 Å². The van der Waals surface area contributed by atoms with E-state index < -0.39 is 24.2 Å². The number of hydrogen-bond donors (Lipinski definition) is 0. The van der Waals surface area contributed by atoms with Crippen molar-refractivity contribution in [1.82, 2.24) is 0 Å². The van der Waals surface area contributed by atoms with Crippen molar-refractivity contribution in [2.45, 2.75) is 92.9 Å². The summed E-state index contributed by atoms with van der Waals surface area (Å²) in [5.74, 6) is -1.53. The van der Waals surface area contributed by atoms with Crippen LogP contribution in [0.25, 0.3) is 0 Å². The molecule has 44 heavy (non-hydrogen) atoms. The molecular formula is C32H42O12. The number of benzene rings is 2. The number of rotatable bonds is 17. The van der Waals surface area contributed by atoms with Gasteiger partial charge < -0.3 is 9.47 Å². The summed E-state index contributed by atoms with van der Waals surface area (Å²) in [7, 11) is 0. The van der Waals surface area contributed by atoms with Gasteiger partial charge >= 0.3 is 24.2 Å². The molecule has 2 aromatic carbocycles. The molecule has 0 saturated heterocycles. The minimum atomic E-state index is -1.10. The first-order chi connectivity index (χ1) is 21.0. The fourth-order valence-corrected chi connectivity index (χ4v) is 4.86. The highest BCUT2D eigenvalue weighted by Crippen LogP contribution is 2.19. The molecule has 12 heteroatoms. The molecule has 0 saturated carbocycles. The largest absolute Gasteiger partial charge is 0.543 e. The summed E-state index contributed by atoms with van der Waals surface area (Å²) >= 11 is 0. The fourth-order valence-electron chi connectivity index (χ4n) is 4.86. The molecule has 0 heterocycles. The van der Waals surface area contributed by atoms with Crippen molar-refractivity contribution in [3.05, 3.63) is 68.8 Å². The Labute approximate surface area is 257 Å². The molecule has 0 unspecified atom stereocenters. The van der Waals surface area contributed by atoms with E-state index in [1.165, 1.54) is 0 Å². The van der Waals surface area contributed by atoms with Crippen LogP contribution in [-0.2, 0) is 39.1 Å². The van der Waals surface area contributed by atoms with Crippen molar-refractivity contribution in [2.24, 2.45) is 0 Å². The van der Waals surface area contributed by atoms with E-state index in [1.54, 1.807) is 27.7 Å². The van der Waals surface area contributed by atoms with Gasteiger partial charge in [-0.1, -0.05) is 73.9 Å². The van der Waals surface area contributed by atoms with E-state index in [-0.39, 0.29) is 13.2 Å². The molecule has 0 aliphatic rings. The zero-order valence-corrected chi connectivity index (χ0v) is 26.3. The first-order valence-corrected chi connectivity index (χ1v) is 14.6. The van der Waals surface area contributed by atoms with Crippen molar-refractivity contribution < 1.29 is 58.3 Å². The quantitative estimate of drug-likeness (QED) is 0.0743. The lowest BCUT2D eigenvalue weighted by Gasteiger charge is -2.09. The monoisotopic (exact) mass is 618 g/mol. The average molecular weight is 619 g/mol. The molecule has 0 bridgehead atoms. The number of carbonyl (C=O) groups excluding carboxylic acids is 4. The first-order valence-electron chi connectivity index (χ1n) is 14.6. The third-order valence-electron chi connectivity index (χ3n) is 6.66. The van der Waals surface area contributed by atoms with Crippen LogP contribution in [0.4, 0.5) is 9.59 Å². The van der Waals surface area contributed by atoms with Gasteiger partial charge in [0.05, 0.1) is 34.4 Å². The summed E-state index contributed by atoms with van der Waals surface area (Å²) in [6.07, 6.45) is 4.75. The third-order valence-corrected chi connectivity index (χ3v) is 6.66. The van der Waals surface area contributed by atoms with Crippen LogP contribution >= 0.6 is 0 Å². The number of carbonyl (C=O) groups is 4. The van der Waals surface area contributed by atoms with Gasteiger partial charge in [-0.05, 0) is 76.6 Å². The molecule has 0 atom stereocenters. The zero-order valence-electron chi connectivity index (χ0n) is 26.3. The van der Waals surface area contributed by atoms with Crippen LogP contribution in [0.2, 0.25) is 0 Å². The van der Waals surface area contributed by atoms with Crippen molar-refractivity contribution in [2.75, 3.05) is 13.2 Å². The van der Waals surface area contributed by atoms with Crippen molar-refractivity contribution in [3.8, 4) is 0 Å². The normalized spacial score (nSPS) is 10.6. The molecule has 0 aromatic heterocycles. The minimum absolute atomic E-state index is 0.147. The van der Waals surface area contributed by atoms with Crippen molar-refractivity contribution in [3.63, 3.8) is 0 Å². The van der Waals surface area contributed by atoms with E-state index in [1.807, 2.05) is 38.1 Å². The number of ether oxygens (including phenoxy) is 2. The fraction of sp³-hybridized carbons (Fsp3) is 0.500. The summed E-state index contributed by atoms with van der Waals surface area (Å²) in [5, 5.41) is 8.57. The molecule has 0 N–H and O–H groups in total. The summed E-state index contributed by atoms with van der Waals surface area (Å²) in [4.78, 5) is 65.2. The van der Waals surface area contributed by atoms with Gasteiger partial charge in [0.2, 0.25) is 0 Å². The Morgan fingerprint density at radius 2 is 0.750 bits per heavy atom. The van der Waals surface area contributed by atoms with Crippen molar-refractivity contribution in [1.29, 1.82) is 0 Å². The molecule has 0 spiro atoms. The lowest BCUT2D eigenvalue weighted by atomic mass is 10.0. The van der Waals surface area contributed by atoms with E-state index in [0.717, 1.165) is 71.9 Å². The van der Waals surface area contributed by atoms with Gasteiger partial charge in [0, 0.05) is 0 Å². The molecular weight excluding hydrogens is 576 g/mol. The first kappa shape index (κ1) is 36.0. The third kappa shape index (κ3) is 13.0. The smallest absolute Gasteiger partial charge is 0.432 e. The summed E-state index contributed by atoms with van der Waals surface area (Å²) in [5.41, 5.74) is 5.61. The Kier molecular flexibility index (Phi) is 15.7. The van der Waals surface area contributed by atoms with Gasteiger partial charge in [-0.2, -0.15) is 0 Å². The summed E-state index contributed by atoms with van der Waals surface area (Å²) in [6, 6.07) is 7.35. The molecule has 0 aliphatic heterocycles. The van der Waals surface area contributed by atoms with Crippen LogP contribution in [0, 0.1) is 41.5 Å². The van der Waals surface area contributed by atoms with E-state index in [2.05, 4.69) is 29.6 Å². The van der Waals surface area contributed by atoms with Gasteiger partial charge in [0.1, 0.15) is 0 Å². The lowest BCUT2D eigenvalue weighted by molar-refractivity contribution is -0.452. The average Bonchev–Trinajstić information content (AvgIpc) is 2.92. The van der Waals surface area contributed by atoms with Crippen LogP contribution in [0.1, 0.15) is 105 Å². The number of hydrogen-bond acceptors (Lipinski definition) is 12. The van der Waals surface area contributed by atoms with Gasteiger partial charge in [0.15, 0.2) is 0 Å². The SMILES string of the molecule is Cc1cc(C)c(C(=O)OOOC(=O)OCCCCCCCCCCOC(=O)OOOC(=O)c2c(C)cc(C)cc2C)c(C)c1. The highest BCUT2D eigenvalue weighted by molar-refractivity contribution is 5.93. The Bertz CT molecular complexity index is 1130. The van der Waals surface area contributed by atoms with E-state index in [0.29, 0.717) is 24.0 Å². The second kappa shape index (κ2) is 19.2. The minimum Gasteiger partial charge on any atom is -0.432 e. The number of aryl methyl sites for hydroxylation is 6. The van der Waals surface area contributed by atoms with Gasteiger partial charge in [-0.15, -0.1) is 0 Å². The molecule has 242 valence electrons. The van der Waals surface area contributed by atoms with Crippen LogP contribution in [0.5, 0.6) is 0 Å². The highest BCUT2D eigenvalue weighted by atomic mass is 17.5. The zero-order chi connectivity index (χ0) is 32.5. The number of unbranched alkanes of at least 4 members (excludes halogenated alkanes) is 7. The Morgan fingerprint density at radius 3 is 1.07 bits per heavy atom. The molecule has 0 fully saturated rings. The van der Waals surface area contributed by atoms with E-state index >= 15 is 0 Å². The Hall–Kier alpha value is -4.16. The molecule has 0 radical (unpaired) electrons. The maximum Gasteiger partial charge on any atom is 0.543 e. The molecule has 2 rings (SSSR count). The van der Waals surface area contributed by atoms with Crippen LogP contribution in [-0.4, -0.2) is 37.5 Å². The molecule has 0 aliphatic carbocycles. The summed E-state index contributed by atoms with van der Waals surface area (Å²) < 4.78 is 9.78. The molecule has 12 nitrogen and oxygen atoms in total. The van der Waals surface area contributed by atoms with Gasteiger partial charge in [0.25, 0.3) is 0 Å². The molecule has 0 amide bonds. The Balaban J connectivity index is 1.40. The van der Waals surface area contributed by atoms with E-state index in [9.17, 15) is 19.2 Å². The van der Waals surface area contributed by atoms with Gasteiger partial charge in [-0.3, -0.25) is 9.78 Å². The highest BCUT2D eigenvalue weighted by Gasteiger charge is 2.18. The van der Waals surface area contributed by atoms with Crippen LogP contribution in [0.15, 0.2) is 24.3 Å². The maximum atomic E-state index is 12.2. The maximum absolute atomic E-state index is 12.2. The summed E-state index contributed by atoms with van der Waals surface area (Å²) in [6.45, 7) is 11.2. The topological polar surface area (TPSA) is 142 Å². The van der Waals surface area contributed by atoms with Gasteiger partial charge in [-0.25, -0.2) is 29.0 Å². The van der Waals surface area contributed by atoms with Crippen molar-refractivity contribution >= 4 is 24.2 Å². The predicted octanol–water partition coefficient (Wildman–Crippen LogP) is 7.67. The standard InChI is InChI=1S/C32H42O12/c1-21-17-23(3)27(24(4)18-21)29(33)39-43-41-31(35)37-15-13-11-9-7-8-10-12-14-16-38-32(36)42-44-40-30(34)28-25(5)19-22(2)20-26(28)6/h17-20H,7-16H2,1-6H3. The van der Waals surface area contributed by atoms with Crippen LogP contribution in [0.3, 0.4) is 0 Å². The second-order valence-corrected chi connectivity index (χ2v) is 10.6. The second-order valence-electron chi connectivity index (χ2n) is 10.6. The predicted molar refractivity (Wildman–Crippen MR) is 156 cm³/mol. The lowest BCUT2D eigenvalue weighted by Crippen LogP contribution is -2.14.